The third kappa shape index (κ3) is 2.53. The molecule has 0 spiro atoms. The Balaban J connectivity index is 1.99. The molecule has 17 heavy (non-hydrogen) atoms. The van der Waals surface area contributed by atoms with Crippen LogP contribution in [0.25, 0.3) is 0 Å². The van der Waals surface area contributed by atoms with Crippen molar-refractivity contribution in [2.24, 2.45) is 0 Å². The second-order valence-corrected chi connectivity index (χ2v) is 4.41. The first-order valence-corrected chi connectivity index (χ1v) is 5.63. The van der Waals surface area contributed by atoms with Crippen LogP contribution in [-0.4, -0.2) is 23.9 Å². The molecule has 0 unspecified atom stereocenters. The van der Waals surface area contributed by atoms with Crippen LogP contribution in [0.1, 0.15) is 24.0 Å². The van der Waals surface area contributed by atoms with Gasteiger partial charge in [-0.2, -0.15) is 0 Å². The van der Waals surface area contributed by atoms with E-state index < -0.39 is 6.61 Å². The van der Waals surface area contributed by atoms with Gasteiger partial charge < -0.3 is 15.2 Å². The van der Waals surface area contributed by atoms with E-state index in [1.54, 1.807) is 0 Å². The number of carbonyl (C=O) groups excluding carboxylic acids is 2. The lowest BCUT2D eigenvalue weighted by Crippen LogP contribution is -2.25. The zero-order chi connectivity index (χ0) is 12.3. The van der Waals surface area contributed by atoms with E-state index in [0.29, 0.717) is 6.54 Å². The molecule has 2 N–H and O–H groups in total. The van der Waals surface area contributed by atoms with Crippen LogP contribution in [-0.2, 0) is 21.5 Å². The highest BCUT2D eigenvalue weighted by atomic mass is 16.3. The molecule has 0 atom stereocenters. The Labute approximate surface area is 99.6 Å². The van der Waals surface area contributed by atoms with E-state index in [9.17, 15) is 9.59 Å². The van der Waals surface area contributed by atoms with Gasteiger partial charge in [0.1, 0.15) is 12.9 Å². The van der Waals surface area contributed by atoms with E-state index >= 15 is 0 Å². The van der Waals surface area contributed by atoms with E-state index in [2.05, 4.69) is 5.32 Å². The Hall–Kier alpha value is -1.68. The van der Waals surface area contributed by atoms with Gasteiger partial charge in [0, 0.05) is 6.54 Å². The Morgan fingerprint density at radius 3 is 2.47 bits per heavy atom. The molecule has 0 aromatic heterocycles. The van der Waals surface area contributed by atoms with Gasteiger partial charge in [0.05, 0.1) is 5.41 Å². The highest BCUT2D eigenvalue weighted by Gasteiger charge is 2.43. The number of carbonyl (C=O) groups is 2. The summed E-state index contributed by atoms with van der Waals surface area (Å²) in [6.45, 7) is -0.0971. The first-order valence-electron chi connectivity index (χ1n) is 5.63. The molecule has 90 valence electrons. The van der Waals surface area contributed by atoms with Crippen molar-refractivity contribution >= 4 is 12.2 Å². The molecule has 1 saturated carbocycles. The fraction of sp³-hybridized carbons (Fsp3) is 0.385. The van der Waals surface area contributed by atoms with Gasteiger partial charge in [-0.1, -0.05) is 24.3 Å². The number of benzene rings is 1. The third-order valence-corrected chi connectivity index (χ3v) is 3.18. The molecule has 4 heteroatoms. The Morgan fingerprint density at radius 1 is 1.35 bits per heavy atom. The zero-order valence-electron chi connectivity index (χ0n) is 9.48. The summed E-state index contributed by atoms with van der Waals surface area (Å²) in [6, 6.07) is 7.66. The SMILES string of the molecule is O=CC1(c2ccc(CNC(=O)CO)cc2)CC1. The molecule has 0 heterocycles. The van der Waals surface area contributed by atoms with Gasteiger partial charge in [-0.15, -0.1) is 0 Å². The lowest BCUT2D eigenvalue weighted by molar-refractivity contribution is -0.124. The molecule has 1 aromatic carbocycles. The fourth-order valence-electron chi connectivity index (χ4n) is 1.82. The predicted molar refractivity (Wildman–Crippen MR) is 62.4 cm³/mol. The molecule has 4 nitrogen and oxygen atoms in total. The summed E-state index contributed by atoms with van der Waals surface area (Å²) in [6.07, 6.45) is 2.88. The van der Waals surface area contributed by atoms with Crippen molar-refractivity contribution in [3.63, 3.8) is 0 Å². The number of amides is 1. The summed E-state index contributed by atoms with van der Waals surface area (Å²) in [5, 5.41) is 11.1. The Morgan fingerprint density at radius 2 is 2.00 bits per heavy atom. The van der Waals surface area contributed by atoms with Crippen LogP contribution in [0.2, 0.25) is 0 Å². The van der Waals surface area contributed by atoms with E-state index in [0.717, 1.165) is 30.3 Å². The molecule has 0 saturated heterocycles. The molecule has 1 aromatic rings. The van der Waals surface area contributed by atoms with Crippen molar-refractivity contribution in [3.8, 4) is 0 Å². The first-order chi connectivity index (χ1) is 8.20. The maximum absolute atomic E-state index is 10.9. The Kier molecular flexibility index (Phi) is 3.24. The quantitative estimate of drug-likeness (QED) is 0.729. The van der Waals surface area contributed by atoms with Crippen LogP contribution in [0.5, 0.6) is 0 Å². The highest BCUT2D eigenvalue weighted by molar-refractivity contribution is 5.76. The van der Waals surface area contributed by atoms with Crippen molar-refractivity contribution in [2.45, 2.75) is 24.8 Å². The molecule has 1 fully saturated rings. The maximum Gasteiger partial charge on any atom is 0.245 e. The van der Waals surface area contributed by atoms with Crippen molar-refractivity contribution in [2.75, 3.05) is 6.61 Å². The summed E-state index contributed by atoms with van der Waals surface area (Å²) in [5.74, 6) is -0.388. The van der Waals surface area contributed by atoms with E-state index in [-0.39, 0.29) is 11.3 Å². The standard InChI is InChI=1S/C13H15NO3/c15-8-12(17)14-7-10-1-3-11(4-2-10)13(9-16)5-6-13/h1-4,9,15H,5-8H2,(H,14,17). The molecule has 1 amide bonds. The topological polar surface area (TPSA) is 66.4 Å². The number of hydrogen-bond acceptors (Lipinski definition) is 3. The number of hydrogen-bond donors (Lipinski definition) is 2. The van der Waals surface area contributed by atoms with Crippen LogP contribution in [0.15, 0.2) is 24.3 Å². The lowest BCUT2D eigenvalue weighted by atomic mass is 9.97. The average Bonchev–Trinajstić information content (AvgIpc) is 3.17. The molecule has 2 rings (SSSR count). The van der Waals surface area contributed by atoms with Crippen molar-refractivity contribution in [1.82, 2.24) is 5.32 Å². The predicted octanol–water partition coefficient (Wildman–Crippen LogP) is 0.526. The van der Waals surface area contributed by atoms with Crippen LogP contribution in [0.4, 0.5) is 0 Å². The van der Waals surface area contributed by atoms with E-state index in [4.69, 9.17) is 5.11 Å². The average molecular weight is 233 g/mol. The normalized spacial score (nSPS) is 16.3. The second-order valence-electron chi connectivity index (χ2n) is 4.41. The number of rotatable bonds is 5. The molecule has 0 bridgehead atoms. The van der Waals surface area contributed by atoms with E-state index in [1.165, 1.54) is 0 Å². The van der Waals surface area contributed by atoms with Gasteiger partial charge in [0.15, 0.2) is 0 Å². The zero-order valence-corrected chi connectivity index (χ0v) is 9.48. The second kappa shape index (κ2) is 4.67. The minimum Gasteiger partial charge on any atom is -0.387 e. The van der Waals surface area contributed by atoms with Crippen LogP contribution < -0.4 is 5.32 Å². The number of aliphatic hydroxyl groups excluding tert-OH is 1. The van der Waals surface area contributed by atoms with Gasteiger partial charge in [-0.25, -0.2) is 0 Å². The Bertz CT molecular complexity index is 421. The molecular weight excluding hydrogens is 218 g/mol. The van der Waals surface area contributed by atoms with E-state index in [1.807, 2.05) is 24.3 Å². The van der Waals surface area contributed by atoms with Crippen LogP contribution in [0, 0.1) is 0 Å². The smallest absolute Gasteiger partial charge is 0.245 e. The van der Waals surface area contributed by atoms with Crippen molar-refractivity contribution in [1.29, 1.82) is 0 Å². The first kappa shape index (κ1) is 11.8. The summed E-state index contributed by atoms with van der Waals surface area (Å²) < 4.78 is 0. The molecule has 0 radical (unpaired) electrons. The summed E-state index contributed by atoms with van der Waals surface area (Å²) in [5.41, 5.74) is 1.76. The van der Waals surface area contributed by atoms with Gasteiger partial charge >= 0.3 is 0 Å². The summed E-state index contributed by atoms with van der Waals surface area (Å²) in [7, 11) is 0. The minimum absolute atomic E-state index is 0.243. The molecule has 1 aliphatic rings. The van der Waals surface area contributed by atoms with Gasteiger partial charge in [0.2, 0.25) is 5.91 Å². The molecule has 0 aliphatic heterocycles. The van der Waals surface area contributed by atoms with Crippen LogP contribution in [0.3, 0.4) is 0 Å². The lowest BCUT2D eigenvalue weighted by Gasteiger charge is -2.09. The number of nitrogens with one attached hydrogen (secondary N) is 1. The number of aliphatic hydroxyl groups is 1. The third-order valence-electron chi connectivity index (χ3n) is 3.18. The number of aldehydes is 1. The molecular formula is C13H15NO3. The van der Waals surface area contributed by atoms with Crippen LogP contribution >= 0.6 is 0 Å². The summed E-state index contributed by atoms with van der Waals surface area (Å²) in [4.78, 5) is 21.8. The molecule has 1 aliphatic carbocycles. The monoisotopic (exact) mass is 233 g/mol. The highest BCUT2D eigenvalue weighted by Crippen LogP contribution is 2.46. The fourth-order valence-corrected chi connectivity index (χ4v) is 1.82. The van der Waals surface area contributed by atoms with Crippen molar-refractivity contribution in [3.05, 3.63) is 35.4 Å². The summed E-state index contributed by atoms with van der Waals surface area (Å²) >= 11 is 0. The minimum atomic E-state index is -0.494. The van der Waals surface area contributed by atoms with Gasteiger partial charge in [0.25, 0.3) is 0 Å². The maximum atomic E-state index is 10.9. The largest absolute Gasteiger partial charge is 0.387 e. The van der Waals surface area contributed by atoms with Crippen molar-refractivity contribution < 1.29 is 14.7 Å². The van der Waals surface area contributed by atoms with Gasteiger partial charge in [-0.3, -0.25) is 4.79 Å². The van der Waals surface area contributed by atoms with Gasteiger partial charge in [-0.05, 0) is 24.0 Å².